The summed E-state index contributed by atoms with van der Waals surface area (Å²) in [6, 6.07) is 19.3. The van der Waals surface area contributed by atoms with E-state index in [4.69, 9.17) is 0 Å². The van der Waals surface area contributed by atoms with Crippen LogP contribution in [-0.4, -0.2) is 20.7 Å². The molecule has 2 aromatic heterocycles. The molecular weight excluding hydrogens is 367 g/mol. The summed E-state index contributed by atoms with van der Waals surface area (Å²) in [6.07, 6.45) is 3.35. The van der Waals surface area contributed by atoms with Crippen LogP contribution in [0.5, 0.6) is 0 Å². The Morgan fingerprint density at radius 2 is 1.79 bits per heavy atom. The minimum atomic E-state index is -0.326. The van der Waals surface area contributed by atoms with E-state index in [0.29, 0.717) is 23.5 Å². The molecule has 0 radical (unpaired) electrons. The molecule has 0 aliphatic rings. The van der Waals surface area contributed by atoms with Crippen molar-refractivity contribution in [1.82, 2.24) is 20.1 Å². The lowest BCUT2D eigenvalue weighted by atomic mass is 10.1. The van der Waals surface area contributed by atoms with Crippen LogP contribution < -0.4 is 5.32 Å². The SMILES string of the molecule is Cc1ccc(-c2nn(-c3ccc(F)cc3)cc2C(=O)NCc2ccccn2)cc1. The number of carbonyl (C=O) groups excluding carboxylic acids is 1. The Labute approximate surface area is 167 Å². The standard InChI is InChI=1S/C23H19FN4O/c1-16-5-7-17(8-6-16)22-21(23(29)26-14-19-4-2-3-13-25-19)15-28(27-22)20-11-9-18(24)10-12-20/h2-13,15H,14H2,1H3,(H,26,29). The zero-order valence-electron chi connectivity index (χ0n) is 15.8. The van der Waals surface area contributed by atoms with E-state index >= 15 is 0 Å². The monoisotopic (exact) mass is 386 g/mol. The summed E-state index contributed by atoms with van der Waals surface area (Å²) >= 11 is 0. The van der Waals surface area contributed by atoms with Gasteiger partial charge in [0.1, 0.15) is 11.5 Å². The third kappa shape index (κ3) is 4.21. The van der Waals surface area contributed by atoms with Gasteiger partial charge in [0.2, 0.25) is 0 Å². The maximum absolute atomic E-state index is 13.3. The molecule has 6 heteroatoms. The lowest BCUT2D eigenvalue weighted by molar-refractivity contribution is 0.0951. The van der Waals surface area contributed by atoms with Crippen LogP contribution in [0.25, 0.3) is 16.9 Å². The number of hydrogen-bond donors (Lipinski definition) is 1. The topological polar surface area (TPSA) is 59.8 Å². The van der Waals surface area contributed by atoms with Gasteiger partial charge in [0.05, 0.1) is 23.5 Å². The van der Waals surface area contributed by atoms with Crippen molar-refractivity contribution in [3.63, 3.8) is 0 Å². The number of benzene rings is 2. The minimum absolute atomic E-state index is 0.250. The van der Waals surface area contributed by atoms with E-state index in [2.05, 4.69) is 15.4 Å². The number of nitrogens with zero attached hydrogens (tertiary/aromatic N) is 3. The Kier molecular flexibility index (Phi) is 5.16. The maximum atomic E-state index is 13.3. The third-order valence-electron chi connectivity index (χ3n) is 4.53. The van der Waals surface area contributed by atoms with Gasteiger partial charge >= 0.3 is 0 Å². The second kappa shape index (κ2) is 8.06. The Morgan fingerprint density at radius 3 is 2.48 bits per heavy atom. The predicted octanol–water partition coefficient (Wildman–Crippen LogP) is 4.31. The first-order valence-electron chi connectivity index (χ1n) is 9.21. The molecule has 0 saturated heterocycles. The molecule has 0 atom stereocenters. The molecule has 0 fully saturated rings. The number of amides is 1. The van der Waals surface area contributed by atoms with Gasteiger partial charge in [-0.1, -0.05) is 35.9 Å². The van der Waals surface area contributed by atoms with Gasteiger partial charge in [-0.2, -0.15) is 5.10 Å². The lowest BCUT2D eigenvalue weighted by Gasteiger charge is -2.05. The van der Waals surface area contributed by atoms with Gasteiger partial charge in [-0.25, -0.2) is 9.07 Å². The van der Waals surface area contributed by atoms with Crippen molar-refractivity contribution < 1.29 is 9.18 Å². The molecule has 29 heavy (non-hydrogen) atoms. The fourth-order valence-electron chi connectivity index (χ4n) is 2.96. The second-order valence-corrected chi connectivity index (χ2v) is 6.68. The molecule has 0 spiro atoms. The summed E-state index contributed by atoms with van der Waals surface area (Å²) in [5.74, 6) is -0.576. The van der Waals surface area contributed by atoms with Gasteiger partial charge in [0.25, 0.3) is 5.91 Å². The van der Waals surface area contributed by atoms with Gasteiger partial charge in [-0.15, -0.1) is 0 Å². The number of pyridine rings is 1. The molecule has 0 aliphatic heterocycles. The van der Waals surface area contributed by atoms with Crippen LogP contribution in [0.3, 0.4) is 0 Å². The Hall–Kier alpha value is -3.80. The molecule has 0 bridgehead atoms. The highest BCUT2D eigenvalue weighted by molar-refractivity contribution is 5.99. The predicted molar refractivity (Wildman–Crippen MR) is 109 cm³/mol. The largest absolute Gasteiger partial charge is 0.346 e. The number of aryl methyl sites for hydroxylation is 1. The number of rotatable bonds is 5. The van der Waals surface area contributed by atoms with E-state index in [1.54, 1.807) is 29.2 Å². The van der Waals surface area contributed by atoms with Crippen molar-refractivity contribution in [2.24, 2.45) is 0 Å². The van der Waals surface area contributed by atoms with Gasteiger partial charge in [0.15, 0.2) is 0 Å². The second-order valence-electron chi connectivity index (χ2n) is 6.68. The highest BCUT2D eigenvalue weighted by atomic mass is 19.1. The van der Waals surface area contributed by atoms with Crippen LogP contribution in [0.4, 0.5) is 4.39 Å². The third-order valence-corrected chi connectivity index (χ3v) is 4.53. The van der Waals surface area contributed by atoms with Crippen molar-refractivity contribution in [3.8, 4) is 16.9 Å². The molecule has 2 aromatic carbocycles. The Balaban J connectivity index is 1.69. The highest BCUT2D eigenvalue weighted by Gasteiger charge is 2.18. The zero-order chi connectivity index (χ0) is 20.2. The van der Waals surface area contributed by atoms with E-state index in [1.165, 1.54) is 12.1 Å². The number of halogens is 1. The Bertz CT molecular complexity index is 1120. The number of nitrogens with one attached hydrogen (secondary N) is 1. The van der Waals surface area contributed by atoms with Crippen LogP contribution in [0, 0.1) is 12.7 Å². The molecule has 0 unspecified atom stereocenters. The van der Waals surface area contributed by atoms with Gasteiger partial charge in [-0.05, 0) is 43.3 Å². The van der Waals surface area contributed by atoms with Gasteiger partial charge in [-0.3, -0.25) is 9.78 Å². The number of carbonyl (C=O) groups is 1. The molecule has 5 nitrogen and oxygen atoms in total. The van der Waals surface area contributed by atoms with Crippen LogP contribution in [-0.2, 0) is 6.54 Å². The summed E-state index contributed by atoms with van der Waals surface area (Å²) in [7, 11) is 0. The Morgan fingerprint density at radius 1 is 1.03 bits per heavy atom. The van der Waals surface area contributed by atoms with Crippen molar-refractivity contribution in [3.05, 3.63) is 102 Å². The summed E-state index contributed by atoms with van der Waals surface area (Å²) in [5.41, 5.74) is 4.39. The first-order valence-corrected chi connectivity index (χ1v) is 9.21. The van der Waals surface area contributed by atoms with E-state index in [-0.39, 0.29) is 11.7 Å². The van der Waals surface area contributed by atoms with Crippen molar-refractivity contribution in [1.29, 1.82) is 0 Å². The minimum Gasteiger partial charge on any atom is -0.346 e. The summed E-state index contributed by atoms with van der Waals surface area (Å²) in [4.78, 5) is 17.2. The normalized spacial score (nSPS) is 10.7. The van der Waals surface area contributed by atoms with E-state index in [9.17, 15) is 9.18 Å². The fourth-order valence-corrected chi connectivity index (χ4v) is 2.96. The maximum Gasteiger partial charge on any atom is 0.255 e. The molecule has 1 amide bonds. The molecule has 2 heterocycles. The fraction of sp³-hybridized carbons (Fsp3) is 0.0870. The van der Waals surface area contributed by atoms with Crippen molar-refractivity contribution in [2.45, 2.75) is 13.5 Å². The van der Waals surface area contributed by atoms with E-state index in [1.807, 2.05) is 49.4 Å². The zero-order valence-corrected chi connectivity index (χ0v) is 15.8. The van der Waals surface area contributed by atoms with Crippen LogP contribution in [0.1, 0.15) is 21.6 Å². The average Bonchev–Trinajstić information content (AvgIpc) is 3.19. The molecule has 0 saturated carbocycles. The van der Waals surface area contributed by atoms with Crippen LogP contribution in [0.2, 0.25) is 0 Å². The molecule has 0 aliphatic carbocycles. The molecule has 1 N–H and O–H groups in total. The first kappa shape index (κ1) is 18.6. The van der Waals surface area contributed by atoms with E-state index < -0.39 is 0 Å². The summed E-state index contributed by atoms with van der Waals surface area (Å²) in [6.45, 7) is 2.32. The quantitative estimate of drug-likeness (QED) is 0.556. The van der Waals surface area contributed by atoms with Crippen LogP contribution >= 0.6 is 0 Å². The molecule has 4 rings (SSSR count). The molecular formula is C23H19FN4O. The first-order chi connectivity index (χ1) is 14.1. The number of aromatic nitrogens is 3. The smallest absolute Gasteiger partial charge is 0.255 e. The summed E-state index contributed by atoms with van der Waals surface area (Å²) < 4.78 is 14.9. The average molecular weight is 386 g/mol. The summed E-state index contributed by atoms with van der Waals surface area (Å²) in [5, 5.41) is 7.50. The van der Waals surface area contributed by atoms with Gasteiger partial charge < -0.3 is 5.32 Å². The van der Waals surface area contributed by atoms with Crippen molar-refractivity contribution >= 4 is 5.91 Å². The highest BCUT2D eigenvalue weighted by Crippen LogP contribution is 2.24. The van der Waals surface area contributed by atoms with E-state index in [0.717, 1.165) is 16.8 Å². The lowest BCUT2D eigenvalue weighted by Crippen LogP contribution is -2.23. The van der Waals surface area contributed by atoms with Crippen molar-refractivity contribution in [2.75, 3.05) is 0 Å². The van der Waals surface area contributed by atoms with Gasteiger partial charge in [0, 0.05) is 18.0 Å². The molecule has 4 aromatic rings. The number of hydrogen-bond acceptors (Lipinski definition) is 3. The molecule has 144 valence electrons. The van der Waals surface area contributed by atoms with Crippen LogP contribution in [0.15, 0.2) is 79.1 Å².